The van der Waals surface area contributed by atoms with Crippen LogP contribution in [0, 0.1) is 17.8 Å². The summed E-state index contributed by atoms with van der Waals surface area (Å²) in [5.74, 6) is 4.15. The molecule has 0 bridgehead atoms. The standard InChI is InChI=1S/C34H50O4/c1-4-6-8-12-28-13-15-29(16-14-28)26-37-32-21-23-33(24-22-32)38-34(35)30-17-19-31(20-18-30)36-25-10-7-9-11-27(3)5-2/h17-24,27-29H,4-16,25-26H2,1-3H3/t27-,28-,29-/m0/s1. The van der Waals surface area contributed by atoms with Gasteiger partial charge < -0.3 is 14.2 Å². The number of esters is 1. The minimum atomic E-state index is -0.369. The number of carbonyl (C=O) groups is 1. The van der Waals surface area contributed by atoms with Crippen LogP contribution >= 0.6 is 0 Å². The van der Waals surface area contributed by atoms with E-state index in [9.17, 15) is 4.79 Å². The fourth-order valence-electron chi connectivity index (χ4n) is 5.21. The number of rotatable bonds is 17. The van der Waals surface area contributed by atoms with Crippen molar-refractivity contribution in [1.82, 2.24) is 0 Å². The zero-order chi connectivity index (χ0) is 27.0. The normalized spacial score (nSPS) is 18.1. The van der Waals surface area contributed by atoms with Gasteiger partial charge in [0, 0.05) is 0 Å². The Balaban J connectivity index is 1.32. The first kappa shape index (κ1) is 30.1. The molecule has 0 spiro atoms. The van der Waals surface area contributed by atoms with Crippen molar-refractivity contribution in [2.75, 3.05) is 13.2 Å². The molecule has 0 heterocycles. The molecule has 0 radical (unpaired) electrons. The molecule has 0 aliphatic heterocycles. The molecule has 1 saturated carbocycles. The second-order valence-electron chi connectivity index (χ2n) is 11.3. The highest BCUT2D eigenvalue weighted by Gasteiger charge is 2.21. The number of hydrogen-bond acceptors (Lipinski definition) is 4. The van der Waals surface area contributed by atoms with Crippen molar-refractivity contribution in [2.24, 2.45) is 17.8 Å². The van der Waals surface area contributed by atoms with Gasteiger partial charge in [-0.2, -0.15) is 0 Å². The van der Waals surface area contributed by atoms with Crippen LogP contribution in [0.4, 0.5) is 0 Å². The van der Waals surface area contributed by atoms with Crippen LogP contribution in [0.1, 0.15) is 115 Å². The van der Waals surface area contributed by atoms with Crippen molar-refractivity contribution in [1.29, 1.82) is 0 Å². The minimum Gasteiger partial charge on any atom is -0.494 e. The van der Waals surface area contributed by atoms with Gasteiger partial charge in [0.2, 0.25) is 0 Å². The maximum Gasteiger partial charge on any atom is 0.343 e. The summed E-state index contributed by atoms with van der Waals surface area (Å²) in [6, 6.07) is 14.6. The van der Waals surface area contributed by atoms with Gasteiger partial charge in [0.25, 0.3) is 0 Å². The average molecular weight is 523 g/mol. The number of carbonyl (C=O) groups excluding carboxylic acids is 1. The molecular formula is C34H50O4. The maximum absolute atomic E-state index is 12.6. The van der Waals surface area contributed by atoms with Crippen LogP contribution in [0.5, 0.6) is 17.2 Å². The van der Waals surface area contributed by atoms with E-state index in [-0.39, 0.29) is 5.97 Å². The quantitative estimate of drug-likeness (QED) is 0.118. The predicted octanol–water partition coefficient (Wildman–Crippen LogP) is 9.66. The van der Waals surface area contributed by atoms with Gasteiger partial charge in [-0.3, -0.25) is 0 Å². The van der Waals surface area contributed by atoms with Crippen LogP contribution in [0.15, 0.2) is 48.5 Å². The molecule has 0 N–H and O–H groups in total. The van der Waals surface area contributed by atoms with Crippen LogP contribution in [-0.4, -0.2) is 19.2 Å². The molecule has 1 aliphatic rings. The molecule has 1 atom stereocenters. The molecule has 2 aromatic rings. The van der Waals surface area contributed by atoms with E-state index in [0.717, 1.165) is 36.4 Å². The van der Waals surface area contributed by atoms with Gasteiger partial charge in [0.15, 0.2) is 0 Å². The lowest BCUT2D eigenvalue weighted by Gasteiger charge is -2.28. The van der Waals surface area contributed by atoms with Gasteiger partial charge in [-0.1, -0.05) is 85.0 Å². The van der Waals surface area contributed by atoms with E-state index >= 15 is 0 Å². The van der Waals surface area contributed by atoms with Crippen molar-refractivity contribution in [3.63, 3.8) is 0 Å². The van der Waals surface area contributed by atoms with Crippen molar-refractivity contribution in [3.8, 4) is 17.2 Å². The summed E-state index contributed by atoms with van der Waals surface area (Å²) in [4.78, 5) is 12.6. The first-order chi connectivity index (χ1) is 18.6. The summed E-state index contributed by atoms with van der Waals surface area (Å²) in [6.07, 6.45) is 16.8. The van der Waals surface area contributed by atoms with Crippen LogP contribution in [0.2, 0.25) is 0 Å². The number of unbranched alkanes of at least 4 members (excludes halogenated alkanes) is 4. The highest BCUT2D eigenvalue weighted by atomic mass is 16.5. The lowest BCUT2D eigenvalue weighted by Crippen LogP contribution is -2.20. The number of benzene rings is 2. The van der Waals surface area contributed by atoms with Crippen molar-refractivity contribution >= 4 is 5.97 Å². The Morgan fingerprint density at radius 3 is 2.08 bits per heavy atom. The topological polar surface area (TPSA) is 44.8 Å². The molecule has 0 aromatic heterocycles. The molecule has 3 rings (SSSR count). The lowest BCUT2D eigenvalue weighted by atomic mass is 9.80. The minimum absolute atomic E-state index is 0.369. The van der Waals surface area contributed by atoms with Crippen molar-refractivity contribution in [3.05, 3.63) is 54.1 Å². The number of hydrogen-bond donors (Lipinski definition) is 0. The Kier molecular flexibility index (Phi) is 13.6. The smallest absolute Gasteiger partial charge is 0.343 e. The molecule has 210 valence electrons. The van der Waals surface area contributed by atoms with Gasteiger partial charge >= 0.3 is 5.97 Å². The largest absolute Gasteiger partial charge is 0.494 e. The second-order valence-corrected chi connectivity index (χ2v) is 11.3. The molecule has 4 heteroatoms. The van der Waals surface area contributed by atoms with Crippen LogP contribution < -0.4 is 14.2 Å². The fraction of sp³-hybridized carbons (Fsp3) is 0.618. The Labute approximate surface area is 231 Å². The summed E-state index contributed by atoms with van der Waals surface area (Å²) in [7, 11) is 0. The lowest BCUT2D eigenvalue weighted by molar-refractivity contribution is 0.0734. The van der Waals surface area contributed by atoms with Crippen LogP contribution in [0.3, 0.4) is 0 Å². The molecule has 0 saturated heterocycles. The fourth-order valence-corrected chi connectivity index (χ4v) is 5.21. The SMILES string of the molecule is CCCCC[C@H]1CC[C@H](COc2ccc(OC(=O)c3ccc(OCCCCC[C@@H](C)CC)cc3)cc2)CC1. The van der Waals surface area contributed by atoms with E-state index < -0.39 is 0 Å². The van der Waals surface area contributed by atoms with E-state index in [1.165, 1.54) is 77.0 Å². The van der Waals surface area contributed by atoms with E-state index in [2.05, 4.69) is 20.8 Å². The third-order valence-electron chi connectivity index (χ3n) is 8.10. The third kappa shape index (κ3) is 11.1. The third-order valence-corrected chi connectivity index (χ3v) is 8.10. The van der Waals surface area contributed by atoms with E-state index in [1.807, 2.05) is 24.3 Å². The molecule has 2 aromatic carbocycles. The van der Waals surface area contributed by atoms with E-state index in [0.29, 0.717) is 23.8 Å². The second kappa shape index (κ2) is 17.2. The van der Waals surface area contributed by atoms with Crippen molar-refractivity contribution < 1.29 is 19.0 Å². The summed E-state index contributed by atoms with van der Waals surface area (Å²) < 4.78 is 17.4. The molecule has 4 nitrogen and oxygen atoms in total. The Morgan fingerprint density at radius 1 is 0.763 bits per heavy atom. The van der Waals surface area contributed by atoms with E-state index in [1.54, 1.807) is 24.3 Å². The molecule has 1 fully saturated rings. The molecule has 0 unspecified atom stereocenters. The average Bonchev–Trinajstić information content (AvgIpc) is 2.95. The molecular weight excluding hydrogens is 472 g/mol. The predicted molar refractivity (Wildman–Crippen MR) is 156 cm³/mol. The Hall–Kier alpha value is -2.49. The maximum atomic E-state index is 12.6. The summed E-state index contributed by atoms with van der Waals surface area (Å²) >= 11 is 0. The van der Waals surface area contributed by atoms with Crippen molar-refractivity contribution in [2.45, 2.75) is 104 Å². The van der Waals surface area contributed by atoms with E-state index in [4.69, 9.17) is 14.2 Å². The van der Waals surface area contributed by atoms with Gasteiger partial charge in [0.1, 0.15) is 17.2 Å². The zero-order valence-corrected chi connectivity index (χ0v) is 24.1. The van der Waals surface area contributed by atoms with Gasteiger partial charge in [-0.15, -0.1) is 0 Å². The van der Waals surface area contributed by atoms with Crippen LogP contribution in [0.25, 0.3) is 0 Å². The van der Waals surface area contributed by atoms with Gasteiger partial charge in [-0.25, -0.2) is 4.79 Å². The van der Waals surface area contributed by atoms with Gasteiger partial charge in [-0.05, 0) is 85.5 Å². The van der Waals surface area contributed by atoms with Crippen LogP contribution in [-0.2, 0) is 0 Å². The van der Waals surface area contributed by atoms with Gasteiger partial charge in [0.05, 0.1) is 18.8 Å². The Bertz CT molecular complexity index is 897. The number of ether oxygens (including phenoxy) is 3. The molecule has 0 amide bonds. The highest BCUT2D eigenvalue weighted by molar-refractivity contribution is 5.91. The molecule has 1 aliphatic carbocycles. The molecule has 38 heavy (non-hydrogen) atoms. The summed E-state index contributed by atoms with van der Waals surface area (Å²) in [5.41, 5.74) is 0.511. The zero-order valence-electron chi connectivity index (χ0n) is 24.1. The monoisotopic (exact) mass is 522 g/mol. The summed E-state index contributed by atoms with van der Waals surface area (Å²) in [6.45, 7) is 8.32. The first-order valence-corrected chi connectivity index (χ1v) is 15.2. The highest BCUT2D eigenvalue weighted by Crippen LogP contribution is 2.32. The summed E-state index contributed by atoms with van der Waals surface area (Å²) in [5, 5.41) is 0. The first-order valence-electron chi connectivity index (χ1n) is 15.2. The Morgan fingerprint density at radius 2 is 1.39 bits per heavy atom.